The first-order valence-electron chi connectivity index (χ1n) is 17.1. The first-order valence-corrected chi connectivity index (χ1v) is 18.5. The second-order valence-electron chi connectivity index (χ2n) is 13.0. The molecule has 0 bridgehead atoms. The number of alkyl carbamates (subject to hydrolysis) is 1. The molecule has 1 atom stereocenters. The molecule has 1 amide bonds. The lowest BCUT2D eigenvalue weighted by Crippen LogP contribution is -2.47. The number of carbonyl (C=O) groups excluding carboxylic acids is 2. The summed E-state index contributed by atoms with van der Waals surface area (Å²) < 4.78 is 45.9. The first-order chi connectivity index (χ1) is 24.1. The molecule has 264 valence electrons. The molecule has 0 aromatic heterocycles. The number of aryl methyl sites for hydroxylation is 1. The van der Waals surface area contributed by atoms with E-state index in [0.29, 0.717) is 25.1 Å². The highest BCUT2D eigenvalue weighted by Crippen LogP contribution is 2.44. The average molecular weight is 699 g/mol. The van der Waals surface area contributed by atoms with Crippen molar-refractivity contribution in [3.63, 3.8) is 0 Å². The first kappa shape index (κ1) is 36.6. The number of nitrogens with one attached hydrogen (secondary N) is 1. The van der Waals surface area contributed by atoms with Crippen LogP contribution in [0, 0.1) is 12.8 Å². The number of methoxy groups -OCH3 is 1. The summed E-state index contributed by atoms with van der Waals surface area (Å²) in [7, 11) is -2.46. The standard InChI is InChI=1S/C40H46N2O7S/c1-28(2)25-42(50(45,46)32-22-16-29(3)17-23-32)38(39(43)48-26-30-18-20-31(47-4)21-19-30)15-9-10-24-41-40(44)49-27-37-35-13-7-5-11-33(35)34-12-6-8-14-36(34)37/h5-8,11-14,16-23,28,37-38H,9-10,15,24-27H2,1-4H3,(H,41,44)/t38-/m0/s1. The molecule has 4 aromatic carbocycles. The summed E-state index contributed by atoms with van der Waals surface area (Å²) in [4.78, 5) is 26.6. The zero-order chi connectivity index (χ0) is 35.7. The van der Waals surface area contributed by atoms with Gasteiger partial charge in [-0.1, -0.05) is 92.2 Å². The van der Waals surface area contributed by atoms with Crippen molar-refractivity contribution in [2.45, 2.75) is 63.5 Å². The van der Waals surface area contributed by atoms with Gasteiger partial charge in [-0.05, 0) is 84.2 Å². The summed E-state index contributed by atoms with van der Waals surface area (Å²) in [5, 5.41) is 2.82. The Labute approximate surface area is 295 Å². The molecule has 0 aliphatic heterocycles. The Morgan fingerprint density at radius 2 is 1.44 bits per heavy atom. The number of carbonyl (C=O) groups is 2. The minimum absolute atomic E-state index is 0.0111. The molecule has 0 heterocycles. The van der Waals surface area contributed by atoms with Crippen molar-refractivity contribution in [3.8, 4) is 16.9 Å². The second kappa shape index (κ2) is 16.8. The Hall–Kier alpha value is -4.67. The number of hydrogen-bond acceptors (Lipinski definition) is 7. The number of amides is 1. The molecule has 4 aromatic rings. The Morgan fingerprint density at radius 3 is 2.04 bits per heavy atom. The second-order valence-corrected chi connectivity index (χ2v) is 14.9. The van der Waals surface area contributed by atoms with Crippen molar-refractivity contribution in [1.29, 1.82) is 0 Å². The van der Waals surface area contributed by atoms with Crippen LogP contribution in [0.5, 0.6) is 5.75 Å². The van der Waals surface area contributed by atoms with E-state index in [4.69, 9.17) is 14.2 Å². The summed E-state index contributed by atoms with van der Waals surface area (Å²) in [5.41, 5.74) is 6.27. The van der Waals surface area contributed by atoms with E-state index < -0.39 is 28.1 Å². The van der Waals surface area contributed by atoms with E-state index in [1.165, 1.54) is 4.31 Å². The third-order valence-corrected chi connectivity index (χ3v) is 10.7. The number of unbranched alkanes of at least 4 members (excludes halogenated alkanes) is 1. The Morgan fingerprint density at radius 1 is 0.820 bits per heavy atom. The normalized spacial score (nSPS) is 13.1. The highest BCUT2D eigenvalue weighted by Gasteiger charge is 2.37. The Kier molecular flexibility index (Phi) is 12.3. The average Bonchev–Trinajstić information content (AvgIpc) is 3.44. The van der Waals surface area contributed by atoms with Crippen molar-refractivity contribution in [1.82, 2.24) is 9.62 Å². The van der Waals surface area contributed by atoms with Crippen molar-refractivity contribution in [3.05, 3.63) is 119 Å². The van der Waals surface area contributed by atoms with Crippen LogP contribution in [-0.2, 0) is 30.9 Å². The fraction of sp³-hybridized carbons (Fsp3) is 0.350. The van der Waals surface area contributed by atoms with E-state index in [-0.39, 0.29) is 42.9 Å². The molecule has 5 rings (SSSR count). The number of ether oxygens (including phenoxy) is 3. The summed E-state index contributed by atoms with van der Waals surface area (Å²) in [6.07, 6.45) is 0.660. The van der Waals surface area contributed by atoms with Crippen LogP contribution in [0.25, 0.3) is 11.1 Å². The maximum atomic E-state index is 14.0. The van der Waals surface area contributed by atoms with Gasteiger partial charge in [0.15, 0.2) is 0 Å². The van der Waals surface area contributed by atoms with Crippen LogP contribution in [-0.4, -0.2) is 57.6 Å². The number of nitrogens with zero attached hydrogens (tertiary/aromatic N) is 1. The minimum atomic E-state index is -4.04. The maximum Gasteiger partial charge on any atom is 0.407 e. The number of esters is 1. The lowest BCUT2D eigenvalue weighted by Gasteiger charge is -2.31. The van der Waals surface area contributed by atoms with E-state index in [1.54, 1.807) is 55.6 Å². The monoisotopic (exact) mass is 698 g/mol. The van der Waals surface area contributed by atoms with Gasteiger partial charge in [-0.15, -0.1) is 0 Å². The molecule has 0 spiro atoms. The van der Waals surface area contributed by atoms with E-state index in [1.807, 2.05) is 45.0 Å². The van der Waals surface area contributed by atoms with Gasteiger partial charge in [0.05, 0.1) is 12.0 Å². The van der Waals surface area contributed by atoms with Crippen molar-refractivity contribution < 1.29 is 32.2 Å². The van der Waals surface area contributed by atoms with E-state index in [9.17, 15) is 18.0 Å². The van der Waals surface area contributed by atoms with Crippen molar-refractivity contribution >= 4 is 22.1 Å². The highest BCUT2D eigenvalue weighted by molar-refractivity contribution is 7.89. The molecule has 0 radical (unpaired) electrons. The minimum Gasteiger partial charge on any atom is -0.497 e. The van der Waals surface area contributed by atoms with Crippen molar-refractivity contribution in [2.75, 3.05) is 26.8 Å². The third kappa shape index (κ3) is 8.91. The molecule has 9 nitrogen and oxygen atoms in total. The van der Waals surface area contributed by atoms with Gasteiger partial charge in [0, 0.05) is 19.0 Å². The number of sulfonamides is 1. The smallest absolute Gasteiger partial charge is 0.407 e. The summed E-state index contributed by atoms with van der Waals surface area (Å²) in [5.74, 6) is -0.0406. The number of benzene rings is 4. The van der Waals surface area contributed by atoms with Crippen LogP contribution in [0.3, 0.4) is 0 Å². The van der Waals surface area contributed by atoms with Gasteiger partial charge in [-0.25, -0.2) is 13.2 Å². The fourth-order valence-electron chi connectivity index (χ4n) is 6.25. The molecule has 50 heavy (non-hydrogen) atoms. The van der Waals surface area contributed by atoms with E-state index in [0.717, 1.165) is 33.4 Å². The Bertz CT molecular complexity index is 1810. The lowest BCUT2D eigenvalue weighted by molar-refractivity contribution is -0.150. The number of rotatable bonds is 16. The van der Waals surface area contributed by atoms with Gasteiger partial charge in [0.25, 0.3) is 0 Å². The lowest BCUT2D eigenvalue weighted by atomic mass is 9.98. The summed E-state index contributed by atoms with van der Waals surface area (Å²) in [6, 6.07) is 29.0. The van der Waals surface area contributed by atoms with Gasteiger partial charge >= 0.3 is 12.1 Å². The van der Waals surface area contributed by atoms with Crippen LogP contribution < -0.4 is 10.1 Å². The summed E-state index contributed by atoms with van der Waals surface area (Å²) >= 11 is 0. The van der Waals surface area contributed by atoms with Crippen LogP contribution in [0.1, 0.15) is 61.3 Å². The van der Waals surface area contributed by atoms with Gasteiger partial charge in [-0.3, -0.25) is 4.79 Å². The maximum absolute atomic E-state index is 14.0. The predicted octanol–water partition coefficient (Wildman–Crippen LogP) is 7.47. The van der Waals surface area contributed by atoms with Gasteiger partial charge in [-0.2, -0.15) is 4.31 Å². The molecule has 1 N–H and O–H groups in total. The van der Waals surface area contributed by atoms with Gasteiger partial charge in [0.1, 0.15) is 25.0 Å². The predicted molar refractivity (Wildman–Crippen MR) is 193 cm³/mol. The molecular formula is C40H46N2O7S. The Balaban J connectivity index is 1.21. The van der Waals surface area contributed by atoms with Gasteiger partial charge < -0.3 is 19.5 Å². The molecule has 10 heteroatoms. The SMILES string of the molecule is COc1ccc(COC(=O)[C@H](CCCCNC(=O)OCC2c3ccccc3-c3ccccc32)N(CC(C)C)S(=O)(=O)c2ccc(C)cc2)cc1. The van der Waals surface area contributed by atoms with Gasteiger partial charge in [0.2, 0.25) is 10.0 Å². The molecule has 1 aliphatic rings. The van der Waals surface area contributed by atoms with Crippen LogP contribution in [0.4, 0.5) is 4.79 Å². The molecular weight excluding hydrogens is 653 g/mol. The quantitative estimate of drug-likeness (QED) is 0.0955. The van der Waals surface area contributed by atoms with E-state index in [2.05, 4.69) is 29.6 Å². The molecule has 0 unspecified atom stereocenters. The number of hydrogen-bond donors (Lipinski definition) is 1. The summed E-state index contributed by atoms with van der Waals surface area (Å²) in [6.45, 7) is 6.35. The van der Waals surface area contributed by atoms with Crippen molar-refractivity contribution in [2.24, 2.45) is 5.92 Å². The number of fused-ring (bicyclic) bond motifs is 3. The topological polar surface area (TPSA) is 111 Å². The van der Waals surface area contributed by atoms with E-state index >= 15 is 0 Å². The van der Waals surface area contributed by atoms with Crippen LogP contribution in [0.2, 0.25) is 0 Å². The highest BCUT2D eigenvalue weighted by atomic mass is 32.2. The fourth-order valence-corrected chi connectivity index (χ4v) is 8.02. The zero-order valence-electron chi connectivity index (χ0n) is 29.1. The van der Waals surface area contributed by atoms with Crippen LogP contribution >= 0.6 is 0 Å². The molecule has 0 saturated carbocycles. The molecule has 0 fully saturated rings. The molecule has 0 saturated heterocycles. The van der Waals surface area contributed by atoms with Crippen LogP contribution in [0.15, 0.2) is 102 Å². The largest absolute Gasteiger partial charge is 0.497 e. The zero-order valence-corrected chi connectivity index (χ0v) is 29.9. The molecule has 1 aliphatic carbocycles. The third-order valence-electron chi connectivity index (χ3n) is 8.85.